The van der Waals surface area contributed by atoms with Crippen LogP contribution in [0.15, 0.2) is 24.3 Å². The molecule has 2 N–H and O–H groups in total. The van der Waals surface area contributed by atoms with E-state index in [2.05, 4.69) is 39.8 Å². The number of anilines is 1. The molecular weight excluding hydrogens is 276 g/mol. The first kappa shape index (κ1) is 14.6. The fraction of sp³-hybridized carbons (Fsp3) is 0.500. The minimum absolute atomic E-state index is 0.244. The second kappa shape index (κ2) is 4.84. The van der Waals surface area contributed by atoms with Crippen LogP contribution in [0.4, 0.5) is 5.69 Å². The van der Waals surface area contributed by atoms with Gasteiger partial charge in [-0.15, -0.1) is 11.3 Å². The Morgan fingerprint density at radius 3 is 2.48 bits per heavy atom. The van der Waals surface area contributed by atoms with Gasteiger partial charge in [-0.1, -0.05) is 39.8 Å². The van der Waals surface area contributed by atoms with Gasteiger partial charge in [0.1, 0.15) is 0 Å². The Bertz CT molecular complexity index is 650. The summed E-state index contributed by atoms with van der Waals surface area (Å²) in [6.45, 7) is 9.43. The number of benzene rings is 1. The van der Waals surface area contributed by atoms with Crippen molar-refractivity contribution < 1.29 is 0 Å². The van der Waals surface area contributed by atoms with Crippen LogP contribution in [0.3, 0.4) is 0 Å². The second-order valence-corrected chi connectivity index (χ2v) is 8.79. The number of nitrogens with zero attached hydrogens (tertiary/aromatic N) is 1. The van der Waals surface area contributed by atoms with Crippen LogP contribution in [0.5, 0.6) is 0 Å². The summed E-state index contributed by atoms with van der Waals surface area (Å²) < 4.78 is 0. The largest absolute Gasteiger partial charge is 0.399 e. The Labute approximate surface area is 131 Å². The molecule has 3 heteroatoms. The van der Waals surface area contributed by atoms with Gasteiger partial charge >= 0.3 is 0 Å². The molecule has 0 amide bonds. The van der Waals surface area contributed by atoms with Crippen LogP contribution in [0.1, 0.15) is 55.3 Å². The van der Waals surface area contributed by atoms with Gasteiger partial charge < -0.3 is 5.73 Å². The second-order valence-electron chi connectivity index (χ2n) is 7.70. The maximum Gasteiger partial charge on any atom is 0.0975 e. The highest BCUT2D eigenvalue weighted by Gasteiger charge is 2.39. The fourth-order valence-electron chi connectivity index (χ4n) is 3.73. The fourth-order valence-corrected chi connectivity index (χ4v) is 4.94. The van der Waals surface area contributed by atoms with Crippen LogP contribution < -0.4 is 5.73 Å². The molecule has 0 fully saturated rings. The van der Waals surface area contributed by atoms with Crippen molar-refractivity contribution in [3.63, 3.8) is 0 Å². The molecule has 1 aromatic heterocycles. The number of fused-ring (bicyclic) bond motifs is 1. The highest BCUT2D eigenvalue weighted by Crippen LogP contribution is 2.47. The van der Waals surface area contributed by atoms with Crippen LogP contribution in [0.25, 0.3) is 0 Å². The average molecular weight is 300 g/mol. The van der Waals surface area contributed by atoms with Gasteiger partial charge in [-0.3, -0.25) is 0 Å². The van der Waals surface area contributed by atoms with Crippen LogP contribution in [0.2, 0.25) is 0 Å². The molecule has 1 aliphatic rings. The third-order valence-electron chi connectivity index (χ3n) is 4.26. The van der Waals surface area contributed by atoms with Gasteiger partial charge in [0.05, 0.1) is 10.7 Å². The summed E-state index contributed by atoms with van der Waals surface area (Å²) in [5.74, 6) is 0. The predicted octanol–water partition coefficient (Wildman–Crippen LogP) is 4.57. The molecule has 0 bridgehead atoms. The highest BCUT2D eigenvalue weighted by molar-refractivity contribution is 7.12. The first-order chi connectivity index (χ1) is 9.75. The summed E-state index contributed by atoms with van der Waals surface area (Å²) >= 11 is 1.90. The molecule has 0 spiro atoms. The first-order valence-corrected chi connectivity index (χ1v) is 8.40. The van der Waals surface area contributed by atoms with E-state index in [0.717, 1.165) is 18.5 Å². The molecule has 2 aromatic rings. The standard InChI is InChI=1S/C18H24N2S/c1-17(2)10-14-16(18(3,4)11-17)21-15(20-14)9-12-5-7-13(19)8-6-12/h5-8H,9-11,19H2,1-4H3. The van der Waals surface area contributed by atoms with Gasteiger partial charge in [0.2, 0.25) is 0 Å². The zero-order chi connectivity index (χ0) is 15.3. The topological polar surface area (TPSA) is 38.9 Å². The molecule has 3 rings (SSSR count). The third-order valence-corrected chi connectivity index (χ3v) is 5.72. The highest BCUT2D eigenvalue weighted by atomic mass is 32.1. The summed E-state index contributed by atoms with van der Waals surface area (Å²) in [6, 6.07) is 8.14. The summed E-state index contributed by atoms with van der Waals surface area (Å²) in [7, 11) is 0. The molecule has 0 aliphatic heterocycles. The molecule has 2 nitrogen and oxygen atoms in total. The van der Waals surface area contributed by atoms with E-state index in [0.29, 0.717) is 5.41 Å². The van der Waals surface area contributed by atoms with Crippen molar-refractivity contribution in [2.45, 2.75) is 52.4 Å². The van der Waals surface area contributed by atoms with Gasteiger partial charge in [0.25, 0.3) is 0 Å². The number of nitrogens with two attached hydrogens (primary N) is 1. The smallest absolute Gasteiger partial charge is 0.0975 e. The molecule has 0 unspecified atom stereocenters. The van der Waals surface area contributed by atoms with E-state index in [-0.39, 0.29) is 5.41 Å². The van der Waals surface area contributed by atoms with Crippen molar-refractivity contribution in [1.82, 2.24) is 4.98 Å². The number of hydrogen-bond acceptors (Lipinski definition) is 3. The van der Waals surface area contributed by atoms with Crippen LogP contribution in [-0.2, 0) is 18.3 Å². The SMILES string of the molecule is CC1(C)Cc2nc(Cc3ccc(N)cc3)sc2C(C)(C)C1. The van der Waals surface area contributed by atoms with Crippen molar-refractivity contribution in [3.8, 4) is 0 Å². The number of rotatable bonds is 2. The molecule has 0 atom stereocenters. The van der Waals surface area contributed by atoms with Crippen molar-refractivity contribution in [1.29, 1.82) is 0 Å². The van der Waals surface area contributed by atoms with Gasteiger partial charge in [0, 0.05) is 22.4 Å². The predicted molar refractivity (Wildman–Crippen MR) is 90.9 cm³/mol. The zero-order valence-corrected chi connectivity index (χ0v) is 14.2. The van der Waals surface area contributed by atoms with Gasteiger partial charge in [0.15, 0.2) is 0 Å². The first-order valence-electron chi connectivity index (χ1n) is 7.59. The maximum atomic E-state index is 5.75. The molecule has 1 heterocycles. The van der Waals surface area contributed by atoms with E-state index in [1.807, 2.05) is 23.5 Å². The molecular formula is C18H24N2S. The van der Waals surface area contributed by atoms with Crippen molar-refractivity contribution in [3.05, 3.63) is 45.4 Å². The van der Waals surface area contributed by atoms with Gasteiger partial charge in [-0.05, 0) is 36.0 Å². The van der Waals surface area contributed by atoms with Crippen LogP contribution >= 0.6 is 11.3 Å². The van der Waals surface area contributed by atoms with Crippen LogP contribution in [0, 0.1) is 5.41 Å². The monoisotopic (exact) mass is 300 g/mol. The summed E-state index contributed by atoms with van der Waals surface area (Å²) in [5.41, 5.74) is 9.78. The van der Waals surface area contributed by atoms with E-state index in [1.54, 1.807) is 0 Å². The van der Waals surface area contributed by atoms with Crippen molar-refractivity contribution in [2.75, 3.05) is 5.73 Å². The maximum absolute atomic E-state index is 5.75. The van der Waals surface area contributed by atoms with E-state index in [1.165, 1.54) is 27.6 Å². The number of thiazole rings is 1. The Hall–Kier alpha value is -1.35. The van der Waals surface area contributed by atoms with E-state index < -0.39 is 0 Å². The molecule has 1 aliphatic carbocycles. The molecule has 0 radical (unpaired) electrons. The van der Waals surface area contributed by atoms with E-state index in [9.17, 15) is 0 Å². The van der Waals surface area contributed by atoms with Gasteiger partial charge in [-0.2, -0.15) is 0 Å². The lowest BCUT2D eigenvalue weighted by Crippen LogP contribution is -2.33. The lowest BCUT2D eigenvalue weighted by Gasteiger charge is -2.39. The number of hydrogen-bond donors (Lipinski definition) is 1. The Morgan fingerprint density at radius 1 is 1.14 bits per heavy atom. The third kappa shape index (κ3) is 2.98. The minimum atomic E-state index is 0.244. The minimum Gasteiger partial charge on any atom is -0.399 e. The number of nitrogen functional groups attached to an aromatic ring is 1. The van der Waals surface area contributed by atoms with E-state index >= 15 is 0 Å². The lowest BCUT2D eigenvalue weighted by molar-refractivity contribution is 0.232. The quantitative estimate of drug-likeness (QED) is 0.825. The van der Waals surface area contributed by atoms with Crippen molar-refractivity contribution >= 4 is 17.0 Å². The average Bonchev–Trinajstić information content (AvgIpc) is 2.73. The summed E-state index contributed by atoms with van der Waals surface area (Å²) in [4.78, 5) is 6.44. The van der Waals surface area contributed by atoms with Crippen molar-refractivity contribution in [2.24, 2.45) is 5.41 Å². The Morgan fingerprint density at radius 2 is 1.81 bits per heavy atom. The zero-order valence-electron chi connectivity index (χ0n) is 13.4. The molecule has 1 aromatic carbocycles. The lowest BCUT2D eigenvalue weighted by atomic mass is 9.67. The van der Waals surface area contributed by atoms with Gasteiger partial charge in [-0.25, -0.2) is 4.98 Å². The molecule has 21 heavy (non-hydrogen) atoms. The molecule has 0 saturated heterocycles. The van der Waals surface area contributed by atoms with Crippen LogP contribution in [-0.4, -0.2) is 4.98 Å². The van der Waals surface area contributed by atoms with E-state index in [4.69, 9.17) is 10.7 Å². The molecule has 0 saturated carbocycles. The number of aromatic nitrogens is 1. The summed E-state index contributed by atoms with van der Waals surface area (Å²) in [6.07, 6.45) is 3.25. The Kier molecular flexibility index (Phi) is 3.36. The molecule has 112 valence electrons. The Balaban J connectivity index is 1.90. The normalized spacial score (nSPS) is 19.2. The summed E-state index contributed by atoms with van der Waals surface area (Å²) in [5, 5.41) is 1.23.